The number of hydrogen-bond donors (Lipinski definition) is 0. The van der Waals surface area contributed by atoms with Gasteiger partial charge in [-0.1, -0.05) is 29.3 Å². The number of rotatable bonds is 3. The average molecular weight is 425 g/mol. The van der Waals surface area contributed by atoms with Crippen molar-refractivity contribution in [3.8, 4) is 0 Å². The highest BCUT2D eigenvalue weighted by Crippen LogP contribution is 2.23. The van der Waals surface area contributed by atoms with Crippen LogP contribution in [-0.4, -0.2) is 51.4 Å². The Morgan fingerprint density at radius 1 is 1.10 bits per heavy atom. The number of carbonyl (C=O) groups excluding carboxylic acids is 1. The zero-order valence-corrected chi connectivity index (χ0v) is 18.2. The van der Waals surface area contributed by atoms with Crippen molar-refractivity contribution >= 4 is 28.4 Å². The molecule has 0 saturated carbocycles. The van der Waals surface area contributed by atoms with E-state index in [0.29, 0.717) is 34.8 Å². The van der Waals surface area contributed by atoms with E-state index in [1.165, 1.54) is 0 Å². The number of nitrogens with zero attached hydrogens (tertiary/aromatic N) is 4. The van der Waals surface area contributed by atoms with Crippen molar-refractivity contribution in [2.24, 2.45) is 7.05 Å². The molecule has 1 aromatic heterocycles. The van der Waals surface area contributed by atoms with Crippen LogP contribution < -0.4 is 5.56 Å². The number of halogens is 1. The molecule has 1 atom stereocenters. The van der Waals surface area contributed by atoms with Crippen molar-refractivity contribution in [3.63, 3.8) is 0 Å². The lowest BCUT2D eigenvalue weighted by molar-refractivity contribution is 0.0572. The molecule has 30 heavy (non-hydrogen) atoms. The van der Waals surface area contributed by atoms with Gasteiger partial charge in [-0.2, -0.15) is 0 Å². The summed E-state index contributed by atoms with van der Waals surface area (Å²) in [6.45, 7) is 6.78. The Morgan fingerprint density at radius 2 is 1.83 bits per heavy atom. The van der Waals surface area contributed by atoms with Crippen LogP contribution in [0.2, 0.25) is 5.02 Å². The third-order valence-electron chi connectivity index (χ3n) is 5.86. The molecule has 4 rings (SSSR count). The summed E-state index contributed by atoms with van der Waals surface area (Å²) < 4.78 is 1.62. The molecule has 2 heterocycles. The predicted molar refractivity (Wildman–Crippen MR) is 119 cm³/mol. The first kappa shape index (κ1) is 20.6. The van der Waals surface area contributed by atoms with Crippen molar-refractivity contribution in [1.29, 1.82) is 0 Å². The molecule has 1 unspecified atom stereocenters. The normalized spacial score (nSPS) is 16.1. The molecule has 0 bridgehead atoms. The van der Waals surface area contributed by atoms with Gasteiger partial charge in [0, 0.05) is 43.8 Å². The summed E-state index contributed by atoms with van der Waals surface area (Å²) in [6.07, 6.45) is 0. The molecular weight excluding hydrogens is 400 g/mol. The van der Waals surface area contributed by atoms with E-state index < -0.39 is 0 Å². The molecule has 3 aromatic rings. The van der Waals surface area contributed by atoms with Gasteiger partial charge in [-0.25, -0.2) is 4.98 Å². The SMILES string of the molecule is Cc1cccc(C(=O)N2CCN(C(C)c3nc4cc(Cl)ccc4c(=O)n3C)CC2)c1. The molecule has 156 valence electrons. The Hall–Kier alpha value is -2.70. The minimum atomic E-state index is -0.0771. The van der Waals surface area contributed by atoms with E-state index in [4.69, 9.17) is 16.6 Å². The third kappa shape index (κ3) is 3.85. The van der Waals surface area contributed by atoms with Gasteiger partial charge in [-0.05, 0) is 44.2 Å². The monoisotopic (exact) mass is 424 g/mol. The number of carbonyl (C=O) groups is 1. The standard InChI is InChI=1S/C23H25ClN4O2/c1-15-5-4-6-17(13-15)22(29)28-11-9-27(10-12-28)16(2)21-25-20-14-18(24)7-8-19(20)23(30)26(21)3/h4-8,13-14,16H,9-12H2,1-3H3. The molecule has 0 spiro atoms. The van der Waals surface area contributed by atoms with Crippen LogP contribution >= 0.6 is 11.6 Å². The summed E-state index contributed by atoms with van der Waals surface area (Å²) in [5.41, 5.74) is 2.34. The summed E-state index contributed by atoms with van der Waals surface area (Å²) in [6, 6.07) is 12.8. The van der Waals surface area contributed by atoms with Crippen molar-refractivity contribution in [2.75, 3.05) is 26.2 Å². The summed E-state index contributed by atoms with van der Waals surface area (Å²) in [4.78, 5) is 34.5. The number of aryl methyl sites for hydroxylation is 1. The lowest BCUT2D eigenvalue weighted by Gasteiger charge is -2.38. The second kappa shape index (κ2) is 8.20. The smallest absolute Gasteiger partial charge is 0.261 e. The number of benzene rings is 2. The largest absolute Gasteiger partial charge is 0.336 e. The summed E-state index contributed by atoms with van der Waals surface area (Å²) in [5, 5.41) is 1.12. The van der Waals surface area contributed by atoms with E-state index in [2.05, 4.69) is 11.8 Å². The van der Waals surface area contributed by atoms with Crippen LogP contribution in [0.3, 0.4) is 0 Å². The molecule has 7 heteroatoms. The highest BCUT2D eigenvalue weighted by atomic mass is 35.5. The first-order chi connectivity index (χ1) is 14.3. The molecule has 1 amide bonds. The van der Waals surface area contributed by atoms with E-state index in [1.807, 2.05) is 36.1 Å². The Bertz CT molecular complexity index is 1170. The second-order valence-electron chi connectivity index (χ2n) is 7.87. The Labute approximate surface area is 180 Å². The maximum Gasteiger partial charge on any atom is 0.261 e. The zero-order chi connectivity index (χ0) is 21.4. The maximum absolute atomic E-state index is 12.8. The van der Waals surface area contributed by atoms with Crippen LogP contribution in [0.1, 0.15) is 34.7 Å². The van der Waals surface area contributed by atoms with E-state index in [9.17, 15) is 9.59 Å². The van der Waals surface area contributed by atoms with Gasteiger partial charge in [-0.3, -0.25) is 19.1 Å². The minimum Gasteiger partial charge on any atom is -0.336 e. The zero-order valence-electron chi connectivity index (χ0n) is 17.4. The van der Waals surface area contributed by atoms with Gasteiger partial charge in [0.15, 0.2) is 0 Å². The number of piperazine rings is 1. The first-order valence-corrected chi connectivity index (χ1v) is 10.5. The second-order valence-corrected chi connectivity index (χ2v) is 8.31. The molecule has 6 nitrogen and oxygen atoms in total. The third-order valence-corrected chi connectivity index (χ3v) is 6.10. The van der Waals surface area contributed by atoms with Crippen LogP contribution in [0, 0.1) is 6.92 Å². The first-order valence-electron chi connectivity index (χ1n) is 10.1. The van der Waals surface area contributed by atoms with Gasteiger partial charge in [0.2, 0.25) is 0 Å². The van der Waals surface area contributed by atoms with Crippen molar-refractivity contribution in [2.45, 2.75) is 19.9 Å². The minimum absolute atomic E-state index is 0.0534. The van der Waals surface area contributed by atoms with Crippen molar-refractivity contribution in [1.82, 2.24) is 19.4 Å². The van der Waals surface area contributed by atoms with E-state index in [-0.39, 0.29) is 17.5 Å². The van der Waals surface area contributed by atoms with Crippen LogP contribution in [0.15, 0.2) is 47.3 Å². The fraction of sp³-hybridized carbons (Fsp3) is 0.348. The average Bonchev–Trinajstić information content (AvgIpc) is 2.75. The van der Waals surface area contributed by atoms with Crippen LogP contribution in [0.25, 0.3) is 10.9 Å². The Balaban J connectivity index is 1.52. The van der Waals surface area contributed by atoms with Gasteiger partial charge >= 0.3 is 0 Å². The number of aromatic nitrogens is 2. The van der Waals surface area contributed by atoms with E-state index in [0.717, 1.165) is 24.2 Å². The maximum atomic E-state index is 12.8. The number of amides is 1. The molecule has 0 radical (unpaired) electrons. The molecule has 1 fully saturated rings. The lowest BCUT2D eigenvalue weighted by atomic mass is 10.1. The molecule has 1 aliphatic heterocycles. The number of hydrogen-bond acceptors (Lipinski definition) is 4. The Morgan fingerprint density at radius 3 is 2.53 bits per heavy atom. The van der Waals surface area contributed by atoms with Crippen LogP contribution in [0.5, 0.6) is 0 Å². The Kier molecular flexibility index (Phi) is 5.62. The van der Waals surface area contributed by atoms with Gasteiger partial charge in [0.25, 0.3) is 11.5 Å². The molecular formula is C23H25ClN4O2. The topological polar surface area (TPSA) is 58.4 Å². The number of fused-ring (bicyclic) bond motifs is 1. The van der Waals surface area contributed by atoms with Gasteiger partial charge in [0.05, 0.1) is 16.9 Å². The van der Waals surface area contributed by atoms with Gasteiger partial charge in [0.1, 0.15) is 5.82 Å². The lowest BCUT2D eigenvalue weighted by Crippen LogP contribution is -2.49. The van der Waals surface area contributed by atoms with Gasteiger partial charge in [-0.15, -0.1) is 0 Å². The highest BCUT2D eigenvalue weighted by Gasteiger charge is 2.27. The summed E-state index contributed by atoms with van der Waals surface area (Å²) >= 11 is 6.10. The van der Waals surface area contributed by atoms with E-state index >= 15 is 0 Å². The molecule has 2 aromatic carbocycles. The summed E-state index contributed by atoms with van der Waals surface area (Å²) in [5.74, 6) is 0.769. The molecule has 0 aliphatic carbocycles. The van der Waals surface area contributed by atoms with Crippen LogP contribution in [0.4, 0.5) is 0 Å². The van der Waals surface area contributed by atoms with Crippen molar-refractivity contribution in [3.05, 3.63) is 74.8 Å². The van der Waals surface area contributed by atoms with Crippen LogP contribution in [-0.2, 0) is 7.05 Å². The summed E-state index contributed by atoms with van der Waals surface area (Å²) in [7, 11) is 1.76. The fourth-order valence-corrected chi connectivity index (χ4v) is 4.24. The van der Waals surface area contributed by atoms with Gasteiger partial charge < -0.3 is 4.90 Å². The predicted octanol–water partition coefficient (Wildman–Crippen LogP) is 3.41. The molecule has 1 aliphatic rings. The fourth-order valence-electron chi connectivity index (χ4n) is 4.07. The molecule has 1 saturated heterocycles. The van der Waals surface area contributed by atoms with E-state index in [1.54, 1.807) is 29.8 Å². The highest BCUT2D eigenvalue weighted by molar-refractivity contribution is 6.31. The van der Waals surface area contributed by atoms with Crippen molar-refractivity contribution < 1.29 is 4.79 Å². The quantitative estimate of drug-likeness (QED) is 0.646. The molecule has 0 N–H and O–H groups in total.